The number of alkyl halides is 1. The van der Waals surface area contributed by atoms with Crippen molar-refractivity contribution in [2.45, 2.75) is 36.2 Å². The summed E-state index contributed by atoms with van der Waals surface area (Å²) in [5, 5.41) is 9.34. The van der Waals surface area contributed by atoms with Crippen molar-refractivity contribution in [2.24, 2.45) is 5.92 Å². The average molecular weight is 240 g/mol. The molecule has 2 heteroatoms. The molecule has 0 aromatic rings. The Hall–Kier alpha value is 0.690. The molecule has 1 nitrogen and oxygen atoms in total. The Morgan fingerprint density at radius 2 is 2.11 bits per heavy atom. The van der Waals surface area contributed by atoms with Gasteiger partial charge in [-0.15, -0.1) is 0 Å². The second-order valence-corrected chi connectivity index (χ2v) is 4.72. The van der Waals surface area contributed by atoms with E-state index < -0.39 is 0 Å². The lowest BCUT2D eigenvalue weighted by atomic mass is 9.88. The van der Waals surface area contributed by atoms with Gasteiger partial charge in [-0.1, -0.05) is 29.5 Å². The van der Waals surface area contributed by atoms with Gasteiger partial charge in [-0.3, -0.25) is 0 Å². The zero-order valence-electron chi connectivity index (χ0n) is 5.68. The van der Waals surface area contributed by atoms with Gasteiger partial charge in [0.25, 0.3) is 0 Å². The maximum atomic E-state index is 9.34. The van der Waals surface area contributed by atoms with Crippen LogP contribution in [0.3, 0.4) is 0 Å². The molecule has 54 valence electrons. The number of halogens is 1. The fourth-order valence-corrected chi connectivity index (χ4v) is 2.13. The van der Waals surface area contributed by atoms with Crippen molar-refractivity contribution < 1.29 is 5.11 Å². The largest absolute Gasteiger partial charge is 0.393 e. The van der Waals surface area contributed by atoms with Crippen LogP contribution in [0.5, 0.6) is 0 Å². The van der Waals surface area contributed by atoms with Crippen LogP contribution < -0.4 is 0 Å². The Kier molecular flexibility index (Phi) is 2.76. The summed E-state index contributed by atoms with van der Waals surface area (Å²) in [6.45, 7) is 2.13. The van der Waals surface area contributed by atoms with E-state index in [4.69, 9.17) is 0 Å². The summed E-state index contributed by atoms with van der Waals surface area (Å²) >= 11 is 2.42. The van der Waals surface area contributed by atoms with E-state index in [0.29, 0.717) is 9.84 Å². The van der Waals surface area contributed by atoms with E-state index in [-0.39, 0.29) is 6.10 Å². The van der Waals surface area contributed by atoms with E-state index in [9.17, 15) is 5.11 Å². The topological polar surface area (TPSA) is 20.2 Å². The van der Waals surface area contributed by atoms with Gasteiger partial charge < -0.3 is 5.11 Å². The minimum atomic E-state index is -0.0272. The summed E-state index contributed by atoms with van der Waals surface area (Å²) in [4.78, 5) is 0. The second kappa shape index (κ2) is 3.19. The fourth-order valence-electron chi connectivity index (χ4n) is 1.25. The molecule has 1 aliphatic rings. The first-order chi connectivity index (χ1) is 4.20. The molecule has 0 saturated heterocycles. The van der Waals surface area contributed by atoms with Crippen molar-refractivity contribution in [3.8, 4) is 0 Å². The quantitative estimate of drug-likeness (QED) is 0.507. The Labute approximate surface area is 70.0 Å². The summed E-state index contributed by atoms with van der Waals surface area (Å²) in [6, 6.07) is 0. The molecule has 0 spiro atoms. The zero-order chi connectivity index (χ0) is 6.85. The number of hydrogen-bond donors (Lipinski definition) is 1. The fraction of sp³-hybridized carbons (Fsp3) is 1.00. The van der Waals surface area contributed by atoms with Gasteiger partial charge in [0.1, 0.15) is 0 Å². The van der Waals surface area contributed by atoms with E-state index in [0.717, 1.165) is 6.42 Å². The Morgan fingerprint density at radius 1 is 1.44 bits per heavy atom. The highest BCUT2D eigenvalue weighted by Crippen LogP contribution is 2.28. The second-order valence-electron chi connectivity index (χ2n) is 2.95. The highest BCUT2D eigenvalue weighted by Gasteiger charge is 2.23. The van der Waals surface area contributed by atoms with E-state index in [1.54, 1.807) is 0 Å². The lowest BCUT2D eigenvalue weighted by Gasteiger charge is -2.27. The molecule has 1 saturated carbocycles. The summed E-state index contributed by atoms with van der Waals surface area (Å²) in [6.07, 6.45) is 3.47. The molecule has 1 rings (SSSR count). The predicted molar refractivity (Wildman–Crippen MR) is 46.8 cm³/mol. The Morgan fingerprint density at radius 3 is 2.56 bits per heavy atom. The van der Waals surface area contributed by atoms with Gasteiger partial charge >= 0.3 is 0 Å². The van der Waals surface area contributed by atoms with E-state index in [1.165, 1.54) is 12.8 Å². The van der Waals surface area contributed by atoms with Crippen LogP contribution in [0.15, 0.2) is 0 Å². The molecule has 0 radical (unpaired) electrons. The third-order valence-electron chi connectivity index (χ3n) is 2.09. The molecule has 3 atom stereocenters. The first-order valence-corrected chi connectivity index (χ1v) is 4.77. The maximum absolute atomic E-state index is 9.34. The van der Waals surface area contributed by atoms with Crippen LogP contribution in [0.25, 0.3) is 0 Å². The van der Waals surface area contributed by atoms with Crippen LogP contribution in [0.2, 0.25) is 0 Å². The van der Waals surface area contributed by atoms with Crippen LogP contribution >= 0.6 is 22.6 Å². The zero-order valence-corrected chi connectivity index (χ0v) is 7.84. The summed E-state index contributed by atoms with van der Waals surface area (Å²) in [7, 11) is 0. The van der Waals surface area contributed by atoms with Crippen LogP contribution in [0.1, 0.15) is 26.2 Å². The molecule has 2 unspecified atom stereocenters. The lowest BCUT2D eigenvalue weighted by Crippen LogP contribution is -2.27. The molecule has 1 aliphatic carbocycles. The number of aliphatic hydroxyl groups excluding tert-OH is 1. The number of hydrogen-bond acceptors (Lipinski definition) is 1. The van der Waals surface area contributed by atoms with E-state index in [1.807, 2.05) is 0 Å². The normalized spacial score (nSPS) is 45.0. The van der Waals surface area contributed by atoms with Crippen LogP contribution in [-0.4, -0.2) is 15.1 Å². The summed E-state index contributed by atoms with van der Waals surface area (Å²) < 4.78 is 0.716. The molecule has 0 heterocycles. The van der Waals surface area contributed by atoms with Gasteiger partial charge in [-0.05, 0) is 25.2 Å². The van der Waals surface area contributed by atoms with Gasteiger partial charge in [0.2, 0.25) is 0 Å². The van der Waals surface area contributed by atoms with Gasteiger partial charge in [-0.2, -0.15) is 0 Å². The molecular weight excluding hydrogens is 227 g/mol. The molecule has 1 N–H and O–H groups in total. The molecule has 0 aromatic heterocycles. The first-order valence-electron chi connectivity index (χ1n) is 3.52. The van der Waals surface area contributed by atoms with E-state index >= 15 is 0 Å². The smallest absolute Gasteiger partial charge is 0.0575 e. The summed E-state index contributed by atoms with van der Waals surface area (Å²) in [5.41, 5.74) is 0. The van der Waals surface area contributed by atoms with E-state index in [2.05, 4.69) is 29.5 Å². The van der Waals surface area contributed by atoms with Gasteiger partial charge in [0, 0.05) is 3.92 Å². The van der Waals surface area contributed by atoms with Crippen molar-refractivity contribution in [3.63, 3.8) is 0 Å². The van der Waals surface area contributed by atoms with Crippen LogP contribution in [0, 0.1) is 5.92 Å². The standard InChI is InChI=1S/C7H13IO/c1-5-2-3-6(8)4-7(5)9/h5-7,9H,2-4H2,1H3/t5?,6?,7-/m1/s1. The van der Waals surface area contributed by atoms with Crippen LogP contribution in [0.4, 0.5) is 0 Å². The lowest BCUT2D eigenvalue weighted by molar-refractivity contribution is 0.0840. The molecule has 0 amide bonds. The Bertz CT molecular complexity index is 94.9. The number of rotatable bonds is 0. The summed E-state index contributed by atoms with van der Waals surface area (Å²) in [5.74, 6) is 0.538. The molecule has 9 heavy (non-hydrogen) atoms. The maximum Gasteiger partial charge on any atom is 0.0575 e. The molecule has 0 aromatic carbocycles. The van der Waals surface area contributed by atoms with Crippen molar-refractivity contribution in [1.82, 2.24) is 0 Å². The van der Waals surface area contributed by atoms with Gasteiger partial charge in [0.05, 0.1) is 6.10 Å². The molecule has 0 bridgehead atoms. The van der Waals surface area contributed by atoms with Gasteiger partial charge in [0.15, 0.2) is 0 Å². The highest BCUT2D eigenvalue weighted by molar-refractivity contribution is 14.1. The third-order valence-corrected chi connectivity index (χ3v) is 3.22. The molecule has 0 aliphatic heterocycles. The van der Waals surface area contributed by atoms with Crippen LogP contribution in [-0.2, 0) is 0 Å². The minimum Gasteiger partial charge on any atom is -0.393 e. The average Bonchev–Trinajstić information content (AvgIpc) is 1.80. The highest BCUT2D eigenvalue weighted by atomic mass is 127. The van der Waals surface area contributed by atoms with Crippen molar-refractivity contribution in [3.05, 3.63) is 0 Å². The van der Waals surface area contributed by atoms with Gasteiger partial charge in [-0.25, -0.2) is 0 Å². The minimum absolute atomic E-state index is 0.0272. The van der Waals surface area contributed by atoms with Crippen molar-refractivity contribution in [2.75, 3.05) is 0 Å². The molecular formula is C7H13IO. The number of aliphatic hydroxyl groups is 1. The predicted octanol–water partition coefficient (Wildman–Crippen LogP) is 1.97. The SMILES string of the molecule is CC1CCC(I)C[C@H]1O. The molecule has 1 fully saturated rings. The third kappa shape index (κ3) is 2.08. The van der Waals surface area contributed by atoms with Crippen molar-refractivity contribution >= 4 is 22.6 Å². The monoisotopic (exact) mass is 240 g/mol. The Balaban J connectivity index is 2.35. The first kappa shape index (κ1) is 7.79. The van der Waals surface area contributed by atoms with Crippen molar-refractivity contribution in [1.29, 1.82) is 0 Å².